The maximum atomic E-state index is 11.4. The number of phenolic OH excluding ortho intramolecular Hbond substituents is 1. The summed E-state index contributed by atoms with van der Waals surface area (Å²) in [4.78, 5) is 11.4. The molecule has 1 aromatic carbocycles. The summed E-state index contributed by atoms with van der Waals surface area (Å²) in [6.45, 7) is -0.354. The average Bonchev–Trinajstić information content (AvgIpc) is 2.37. The second kappa shape index (κ2) is 6.58. The molecule has 0 saturated heterocycles. The van der Waals surface area contributed by atoms with Crippen molar-refractivity contribution in [3.63, 3.8) is 0 Å². The van der Waals surface area contributed by atoms with Gasteiger partial charge >= 0.3 is 5.97 Å². The largest absolute Gasteiger partial charge is 0.505 e. The highest BCUT2D eigenvalue weighted by atomic mass is 79.9. The van der Waals surface area contributed by atoms with Gasteiger partial charge in [-0.2, -0.15) is 0 Å². The molecule has 0 aliphatic carbocycles. The second-order valence-corrected chi connectivity index (χ2v) is 4.47. The highest BCUT2D eigenvalue weighted by Gasteiger charge is 2.16. The number of nitrogens with one attached hydrogen (secondary N) is 1. The van der Waals surface area contributed by atoms with E-state index in [9.17, 15) is 15.0 Å². The summed E-state index contributed by atoms with van der Waals surface area (Å²) in [5, 5.41) is 30.5. The summed E-state index contributed by atoms with van der Waals surface area (Å²) < 4.78 is 5.11. The molecule has 0 radical (unpaired) electrons. The second-order valence-electron chi connectivity index (χ2n) is 3.56. The zero-order valence-electron chi connectivity index (χ0n) is 9.68. The Hall–Kier alpha value is -1.31. The lowest BCUT2D eigenvalue weighted by Crippen LogP contribution is -2.23. The number of hydrogen-bond donors (Lipinski definition) is 4. The van der Waals surface area contributed by atoms with Crippen LogP contribution in [0.4, 0.5) is 5.69 Å². The highest BCUT2D eigenvalue weighted by molar-refractivity contribution is 9.10. The van der Waals surface area contributed by atoms with Crippen molar-refractivity contribution in [2.45, 2.75) is 6.10 Å². The van der Waals surface area contributed by atoms with Crippen molar-refractivity contribution in [1.29, 1.82) is 0 Å². The van der Waals surface area contributed by atoms with Gasteiger partial charge in [0.1, 0.15) is 5.56 Å². The number of carbonyl (C=O) groups excluding carboxylic acids is 1. The van der Waals surface area contributed by atoms with Crippen molar-refractivity contribution < 1.29 is 24.9 Å². The minimum atomic E-state index is -0.954. The fourth-order valence-electron chi connectivity index (χ4n) is 1.29. The Bertz CT molecular complexity index is 438. The molecular weight excluding hydrogens is 306 g/mol. The number of ether oxygens (including phenoxy) is 1. The van der Waals surface area contributed by atoms with Crippen LogP contribution in [0.25, 0.3) is 0 Å². The molecule has 0 aromatic heterocycles. The van der Waals surface area contributed by atoms with Crippen LogP contribution >= 0.6 is 15.9 Å². The Morgan fingerprint density at radius 2 is 2.22 bits per heavy atom. The number of esters is 1. The Morgan fingerprint density at radius 3 is 2.78 bits per heavy atom. The van der Waals surface area contributed by atoms with Gasteiger partial charge in [0.25, 0.3) is 0 Å². The van der Waals surface area contributed by atoms with E-state index in [0.29, 0.717) is 4.47 Å². The first-order valence-corrected chi connectivity index (χ1v) is 5.92. The number of methoxy groups -OCH3 is 1. The first kappa shape index (κ1) is 14.7. The average molecular weight is 320 g/mol. The molecule has 0 bridgehead atoms. The van der Waals surface area contributed by atoms with E-state index in [4.69, 9.17) is 5.11 Å². The van der Waals surface area contributed by atoms with E-state index in [-0.39, 0.29) is 23.5 Å². The van der Waals surface area contributed by atoms with Crippen LogP contribution in [0, 0.1) is 0 Å². The van der Waals surface area contributed by atoms with E-state index in [0.717, 1.165) is 0 Å². The molecule has 1 rings (SSSR count). The minimum Gasteiger partial charge on any atom is -0.505 e. The third-order valence-electron chi connectivity index (χ3n) is 2.22. The highest BCUT2D eigenvalue weighted by Crippen LogP contribution is 2.32. The number of carbonyl (C=O) groups is 1. The Labute approximate surface area is 112 Å². The lowest BCUT2D eigenvalue weighted by molar-refractivity contribution is 0.0597. The molecule has 0 saturated carbocycles. The third kappa shape index (κ3) is 3.59. The molecule has 1 aromatic rings. The van der Waals surface area contributed by atoms with Crippen molar-refractivity contribution >= 4 is 27.6 Å². The number of anilines is 1. The van der Waals surface area contributed by atoms with Crippen molar-refractivity contribution in [3.05, 3.63) is 22.2 Å². The molecule has 0 aliphatic heterocycles. The summed E-state index contributed by atoms with van der Waals surface area (Å²) >= 11 is 3.20. The standard InChI is InChI=1S/C11H14BrNO5/c1-18-11(17)8-2-6(12)3-9(10(8)16)13-4-7(15)5-14/h2-3,7,13-16H,4-5H2,1H3. The van der Waals surface area contributed by atoms with Gasteiger partial charge in [-0.05, 0) is 12.1 Å². The molecule has 0 fully saturated rings. The molecule has 100 valence electrons. The number of phenols is 1. The molecule has 0 aliphatic rings. The number of rotatable bonds is 5. The number of hydrogen-bond acceptors (Lipinski definition) is 6. The van der Waals surface area contributed by atoms with Crippen LogP contribution in [0.5, 0.6) is 5.75 Å². The van der Waals surface area contributed by atoms with Gasteiger partial charge in [-0.25, -0.2) is 4.79 Å². The zero-order chi connectivity index (χ0) is 13.7. The number of aliphatic hydroxyl groups is 2. The third-order valence-corrected chi connectivity index (χ3v) is 2.68. The molecule has 18 heavy (non-hydrogen) atoms. The fourth-order valence-corrected chi connectivity index (χ4v) is 1.75. The van der Waals surface area contributed by atoms with Gasteiger partial charge < -0.3 is 25.4 Å². The fraction of sp³-hybridized carbons (Fsp3) is 0.364. The van der Waals surface area contributed by atoms with Crippen molar-refractivity contribution in [1.82, 2.24) is 0 Å². The minimum absolute atomic E-state index is 0.00728. The Balaban J connectivity index is 2.98. The van der Waals surface area contributed by atoms with Crippen LogP contribution in [0.1, 0.15) is 10.4 Å². The van der Waals surface area contributed by atoms with Crippen LogP contribution in [0.2, 0.25) is 0 Å². The lowest BCUT2D eigenvalue weighted by atomic mass is 10.1. The van der Waals surface area contributed by atoms with Gasteiger partial charge in [0.05, 0.1) is 25.5 Å². The molecule has 0 amide bonds. The van der Waals surface area contributed by atoms with E-state index in [2.05, 4.69) is 26.0 Å². The SMILES string of the molecule is COC(=O)c1cc(Br)cc(NCC(O)CO)c1O. The van der Waals surface area contributed by atoms with Crippen LogP contribution in [0.15, 0.2) is 16.6 Å². The molecule has 4 N–H and O–H groups in total. The number of halogens is 1. The first-order valence-electron chi connectivity index (χ1n) is 5.13. The number of aliphatic hydroxyl groups excluding tert-OH is 2. The summed E-state index contributed by atoms with van der Waals surface area (Å²) in [5.74, 6) is -0.935. The Morgan fingerprint density at radius 1 is 1.56 bits per heavy atom. The monoisotopic (exact) mass is 319 g/mol. The van der Waals surface area contributed by atoms with E-state index in [1.165, 1.54) is 13.2 Å². The van der Waals surface area contributed by atoms with Gasteiger partial charge in [-0.1, -0.05) is 15.9 Å². The summed E-state index contributed by atoms with van der Waals surface area (Å²) in [6.07, 6.45) is -0.954. The quantitative estimate of drug-likeness (QED) is 0.471. The molecule has 6 nitrogen and oxygen atoms in total. The molecule has 1 unspecified atom stereocenters. The van der Waals surface area contributed by atoms with Crippen LogP contribution in [0.3, 0.4) is 0 Å². The van der Waals surface area contributed by atoms with E-state index >= 15 is 0 Å². The molecule has 0 heterocycles. The van der Waals surface area contributed by atoms with Crippen LogP contribution < -0.4 is 5.32 Å². The predicted molar refractivity (Wildman–Crippen MR) is 68.7 cm³/mol. The van der Waals surface area contributed by atoms with Crippen LogP contribution in [-0.2, 0) is 4.74 Å². The molecule has 0 spiro atoms. The zero-order valence-corrected chi connectivity index (χ0v) is 11.3. The first-order chi connectivity index (χ1) is 8.49. The maximum absolute atomic E-state index is 11.4. The summed E-state index contributed by atoms with van der Waals surface area (Å²) in [7, 11) is 1.21. The number of aromatic hydroxyl groups is 1. The lowest BCUT2D eigenvalue weighted by Gasteiger charge is -2.13. The van der Waals surface area contributed by atoms with E-state index < -0.39 is 18.7 Å². The van der Waals surface area contributed by atoms with Gasteiger partial charge in [-0.3, -0.25) is 0 Å². The van der Waals surface area contributed by atoms with Crippen LogP contribution in [-0.4, -0.2) is 47.7 Å². The Kier molecular flexibility index (Phi) is 5.39. The van der Waals surface area contributed by atoms with Crippen molar-refractivity contribution in [3.8, 4) is 5.75 Å². The van der Waals surface area contributed by atoms with Crippen molar-refractivity contribution in [2.24, 2.45) is 0 Å². The van der Waals surface area contributed by atoms with E-state index in [1.807, 2.05) is 0 Å². The summed E-state index contributed by atoms with van der Waals surface area (Å²) in [6, 6.07) is 2.97. The smallest absolute Gasteiger partial charge is 0.341 e. The topological polar surface area (TPSA) is 99.0 Å². The summed E-state index contributed by atoms with van der Waals surface area (Å²) in [5.41, 5.74) is 0.269. The molecule has 1 atom stereocenters. The van der Waals surface area contributed by atoms with Gasteiger partial charge in [0.2, 0.25) is 0 Å². The molecular formula is C11H14BrNO5. The number of benzene rings is 1. The van der Waals surface area contributed by atoms with Gasteiger partial charge in [0, 0.05) is 11.0 Å². The van der Waals surface area contributed by atoms with Gasteiger partial charge in [0.15, 0.2) is 5.75 Å². The predicted octanol–water partition coefficient (Wildman–Crippen LogP) is 0.706. The molecule has 7 heteroatoms. The normalized spacial score (nSPS) is 12.0. The maximum Gasteiger partial charge on any atom is 0.341 e. The van der Waals surface area contributed by atoms with Gasteiger partial charge in [-0.15, -0.1) is 0 Å². The van der Waals surface area contributed by atoms with E-state index in [1.54, 1.807) is 6.07 Å². The van der Waals surface area contributed by atoms with Crippen molar-refractivity contribution in [2.75, 3.05) is 25.6 Å².